The molecule has 0 saturated carbocycles. The molecular weight excluding hydrogens is 186 g/mol. The average molecular weight is 205 g/mol. The molecule has 0 aromatic heterocycles. The van der Waals surface area contributed by atoms with Crippen molar-refractivity contribution in [1.29, 1.82) is 0 Å². The summed E-state index contributed by atoms with van der Waals surface area (Å²) in [6.45, 7) is 5.70. The Kier molecular flexibility index (Phi) is 3.39. The van der Waals surface area contributed by atoms with Crippen molar-refractivity contribution in [3.8, 4) is 0 Å². The van der Waals surface area contributed by atoms with Crippen LogP contribution in [0.15, 0.2) is 24.3 Å². The van der Waals surface area contributed by atoms with E-state index >= 15 is 0 Å². The summed E-state index contributed by atoms with van der Waals surface area (Å²) >= 11 is 0. The molecular formula is C13H19NO. The molecule has 0 bridgehead atoms. The van der Waals surface area contributed by atoms with Gasteiger partial charge in [0.05, 0.1) is 0 Å². The second-order valence-corrected chi connectivity index (χ2v) is 4.50. The van der Waals surface area contributed by atoms with E-state index in [4.69, 9.17) is 5.11 Å². The zero-order chi connectivity index (χ0) is 10.7. The van der Waals surface area contributed by atoms with Gasteiger partial charge in [0.1, 0.15) is 0 Å². The van der Waals surface area contributed by atoms with Crippen LogP contribution in [0, 0.1) is 12.8 Å². The lowest BCUT2D eigenvalue weighted by Crippen LogP contribution is -2.21. The Bertz CT molecular complexity index is 324. The highest BCUT2D eigenvalue weighted by atomic mass is 16.3. The van der Waals surface area contributed by atoms with Crippen molar-refractivity contribution in [2.45, 2.75) is 19.9 Å². The van der Waals surface area contributed by atoms with E-state index in [0.717, 1.165) is 26.1 Å². The number of aryl methyl sites for hydroxylation is 1. The third-order valence-corrected chi connectivity index (χ3v) is 3.28. The smallest absolute Gasteiger partial charge is 0.0471 e. The van der Waals surface area contributed by atoms with E-state index in [0.29, 0.717) is 12.5 Å². The topological polar surface area (TPSA) is 23.5 Å². The summed E-state index contributed by atoms with van der Waals surface area (Å²) in [5.74, 6) is 0.494. The van der Waals surface area contributed by atoms with Crippen molar-refractivity contribution in [1.82, 2.24) is 4.90 Å². The highest BCUT2D eigenvalue weighted by Gasteiger charge is 2.21. The molecule has 2 nitrogen and oxygen atoms in total. The number of hydrogen-bond donors (Lipinski definition) is 1. The van der Waals surface area contributed by atoms with Crippen LogP contribution in [0.1, 0.15) is 17.5 Å². The lowest BCUT2D eigenvalue weighted by Gasteiger charge is -2.16. The number of benzene rings is 1. The van der Waals surface area contributed by atoms with Gasteiger partial charge in [-0.2, -0.15) is 0 Å². The molecule has 2 rings (SSSR count). The predicted molar refractivity (Wildman–Crippen MR) is 61.6 cm³/mol. The van der Waals surface area contributed by atoms with Gasteiger partial charge in [-0.1, -0.05) is 24.3 Å². The molecule has 1 N–H and O–H groups in total. The van der Waals surface area contributed by atoms with Gasteiger partial charge in [0.15, 0.2) is 0 Å². The van der Waals surface area contributed by atoms with Crippen molar-refractivity contribution in [2.75, 3.05) is 19.7 Å². The van der Waals surface area contributed by atoms with Crippen LogP contribution in [0.25, 0.3) is 0 Å². The Morgan fingerprint density at radius 3 is 2.87 bits per heavy atom. The maximum Gasteiger partial charge on any atom is 0.0471 e. The van der Waals surface area contributed by atoms with Crippen molar-refractivity contribution in [2.24, 2.45) is 5.92 Å². The van der Waals surface area contributed by atoms with Gasteiger partial charge >= 0.3 is 0 Å². The Morgan fingerprint density at radius 1 is 1.40 bits per heavy atom. The molecule has 1 heterocycles. The fourth-order valence-electron chi connectivity index (χ4n) is 2.23. The van der Waals surface area contributed by atoms with E-state index in [-0.39, 0.29) is 0 Å². The molecule has 1 aromatic rings. The van der Waals surface area contributed by atoms with E-state index < -0.39 is 0 Å². The highest BCUT2D eigenvalue weighted by molar-refractivity contribution is 5.25. The molecule has 1 atom stereocenters. The molecule has 0 radical (unpaired) electrons. The van der Waals surface area contributed by atoms with Crippen LogP contribution in [0.3, 0.4) is 0 Å². The largest absolute Gasteiger partial charge is 0.396 e. The van der Waals surface area contributed by atoms with E-state index in [2.05, 4.69) is 36.1 Å². The minimum Gasteiger partial charge on any atom is -0.396 e. The Labute approximate surface area is 91.5 Å². The quantitative estimate of drug-likeness (QED) is 0.813. The van der Waals surface area contributed by atoms with Crippen LogP contribution < -0.4 is 0 Å². The molecule has 0 aliphatic carbocycles. The maximum absolute atomic E-state index is 9.08. The lowest BCUT2D eigenvalue weighted by atomic mass is 10.1. The fraction of sp³-hybridized carbons (Fsp3) is 0.538. The van der Waals surface area contributed by atoms with Gasteiger partial charge in [0.2, 0.25) is 0 Å². The predicted octanol–water partition coefficient (Wildman–Crippen LogP) is 1.81. The van der Waals surface area contributed by atoms with Gasteiger partial charge in [-0.15, -0.1) is 0 Å². The first-order valence-corrected chi connectivity index (χ1v) is 5.67. The van der Waals surface area contributed by atoms with Gasteiger partial charge in [-0.3, -0.25) is 4.90 Å². The molecule has 0 spiro atoms. The zero-order valence-corrected chi connectivity index (χ0v) is 9.32. The van der Waals surface area contributed by atoms with Crippen LogP contribution in [0.5, 0.6) is 0 Å². The number of aliphatic hydroxyl groups is 1. The third-order valence-electron chi connectivity index (χ3n) is 3.28. The number of hydrogen-bond acceptors (Lipinski definition) is 2. The van der Waals surface area contributed by atoms with Crippen LogP contribution in [-0.2, 0) is 6.54 Å². The normalized spacial score (nSPS) is 22.1. The molecule has 1 aliphatic heterocycles. The van der Waals surface area contributed by atoms with Crippen LogP contribution in [-0.4, -0.2) is 29.7 Å². The summed E-state index contributed by atoms with van der Waals surface area (Å²) < 4.78 is 0. The minimum absolute atomic E-state index is 0.338. The molecule has 1 unspecified atom stereocenters. The Hall–Kier alpha value is -0.860. The zero-order valence-electron chi connectivity index (χ0n) is 9.32. The molecule has 1 aromatic carbocycles. The van der Waals surface area contributed by atoms with Gasteiger partial charge in [0.25, 0.3) is 0 Å². The van der Waals surface area contributed by atoms with Crippen molar-refractivity contribution in [3.63, 3.8) is 0 Å². The van der Waals surface area contributed by atoms with Crippen molar-refractivity contribution < 1.29 is 5.11 Å². The van der Waals surface area contributed by atoms with Gasteiger partial charge < -0.3 is 5.11 Å². The number of aliphatic hydroxyl groups excluding tert-OH is 1. The summed E-state index contributed by atoms with van der Waals surface area (Å²) in [4.78, 5) is 2.43. The molecule has 1 saturated heterocycles. The Balaban J connectivity index is 1.96. The van der Waals surface area contributed by atoms with E-state index in [9.17, 15) is 0 Å². The number of likely N-dealkylation sites (tertiary alicyclic amines) is 1. The third kappa shape index (κ3) is 2.58. The molecule has 1 fully saturated rings. The average Bonchev–Trinajstić information content (AvgIpc) is 2.69. The summed E-state index contributed by atoms with van der Waals surface area (Å²) in [6.07, 6.45) is 1.14. The molecule has 82 valence electrons. The summed E-state index contributed by atoms with van der Waals surface area (Å²) in [7, 11) is 0. The lowest BCUT2D eigenvalue weighted by molar-refractivity contribution is 0.220. The van der Waals surface area contributed by atoms with Crippen molar-refractivity contribution in [3.05, 3.63) is 35.4 Å². The maximum atomic E-state index is 9.08. The molecule has 0 amide bonds. The molecule has 2 heteroatoms. The van der Waals surface area contributed by atoms with E-state index in [1.54, 1.807) is 0 Å². The van der Waals surface area contributed by atoms with E-state index in [1.807, 2.05) is 0 Å². The van der Waals surface area contributed by atoms with Gasteiger partial charge in [-0.25, -0.2) is 0 Å². The monoisotopic (exact) mass is 205 g/mol. The second-order valence-electron chi connectivity index (χ2n) is 4.50. The standard InChI is InChI=1S/C13H19NO/c1-11-4-2-3-5-13(11)9-14-7-6-12(8-14)10-15/h2-5,12,15H,6-10H2,1H3. The molecule has 15 heavy (non-hydrogen) atoms. The van der Waals surface area contributed by atoms with Crippen LogP contribution in [0.4, 0.5) is 0 Å². The summed E-state index contributed by atoms with van der Waals surface area (Å²) in [6, 6.07) is 8.54. The minimum atomic E-state index is 0.338. The van der Waals surface area contributed by atoms with E-state index in [1.165, 1.54) is 11.1 Å². The van der Waals surface area contributed by atoms with Gasteiger partial charge in [-0.05, 0) is 36.9 Å². The highest BCUT2D eigenvalue weighted by Crippen LogP contribution is 2.19. The summed E-state index contributed by atoms with van der Waals surface area (Å²) in [5.41, 5.74) is 2.78. The summed E-state index contributed by atoms with van der Waals surface area (Å²) in [5, 5.41) is 9.08. The fourth-order valence-corrected chi connectivity index (χ4v) is 2.23. The first-order chi connectivity index (χ1) is 7.29. The van der Waals surface area contributed by atoms with Crippen molar-refractivity contribution >= 4 is 0 Å². The van der Waals surface area contributed by atoms with Gasteiger partial charge in [0, 0.05) is 19.7 Å². The SMILES string of the molecule is Cc1ccccc1CN1CCC(CO)C1. The number of nitrogens with zero attached hydrogens (tertiary/aromatic N) is 1. The number of rotatable bonds is 3. The second kappa shape index (κ2) is 4.77. The Morgan fingerprint density at radius 2 is 2.20 bits per heavy atom. The first kappa shape index (κ1) is 10.7. The first-order valence-electron chi connectivity index (χ1n) is 5.67. The van der Waals surface area contributed by atoms with Crippen LogP contribution in [0.2, 0.25) is 0 Å². The molecule has 1 aliphatic rings. The van der Waals surface area contributed by atoms with Crippen LogP contribution >= 0.6 is 0 Å².